The molecule has 0 amide bonds. The minimum atomic E-state index is -0.773. The van der Waals surface area contributed by atoms with Crippen molar-refractivity contribution in [3.8, 4) is 0 Å². The van der Waals surface area contributed by atoms with Crippen LogP contribution < -0.4 is 5.56 Å². The maximum atomic E-state index is 12.6. The summed E-state index contributed by atoms with van der Waals surface area (Å²) >= 11 is 0. The largest absolute Gasteiger partial charge is 0.300 e. The number of halogens is 1. The first kappa shape index (κ1) is 10.8. The number of aryl methyl sites for hydroxylation is 2. The van der Waals surface area contributed by atoms with Crippen molar-refractivity contribution in [2.75, 3.05) is 0 Å². The Labute approximate surface area is 70.9 Å². The fraction of sp³-hybridized carbons (Fsp3) is 0.500. The van der Waals surface area contributed by atoms with Crippen molar-refractivity contribution in [3.63, 3.8) is 0 Å². The molecule has 0 saturated heterocycles. The molecule has 4 heteroatoms. The van der Waals surface area contributed by atoms with Crippen molar-refractivity contribution in [2.24, 2.45) is 7.05 Å². The van der Waals surface area contributed by atoms with Crippen LogP contribution in [0.5, 0.6) is 0 Å². The van der Waals surface area contributed by atoms with Gasteiger partial charge in [0.15, 0.2) is 0 Å². The molecule has 0 spiro atoms. The monoisotopic (exact) mass is 172 g/mol. The number of hydrogen-bond acceptors (Lipinski definition) is 2. The van der Waals surface area contributed by atoms with Crippen LogP contribution in [0.1, 0.15) is 19.5 Å². The van der Waals surface area contributed by atoms with Gasteiger partial charge in [-0.3, -0.25) is 9.36 Å². The third-order valence-electron chi connectivity index (χ3n) is 1.25. The van der Waals surface area contributed by atoms with Gasteiger partial charge in [0.25, 0.3) is 5.56 Å². The SMILES string of the molecule is CC.Cc1ncn(C)c(=O)c1F. The Morgan fingerprint density at radius 1 is 1.50 bits per heavy atom. The fourth-order valence-electron chi connectivity index (χ4n) is 0.592. The minimum Gasteiger partial charge on any atom is -0.300 e. The Morgan fingerprint density at radius 2 is 2.00 bits per heavy atom. The standard InChI is InChI=1S/C6H7FN2O.C2H6/c1-4-5(7)6(10)9(2)3-8-4;1-2/h3H,1-2H3;1-2H3. The van der Waals surface area contributed by atoms with E-state index in [1.54, 1.807) is 0 Å². The third-order valence-corrected chi connectivity index (χ3v) is 1.25. The lowest BCUT2D eigenvalue weighted by molar-refractivity contribution is 0.567. The second kappa shape index (κ2) is 4.64. The van der Waals surface area contributed by atoms with Gasteiger partial charge >= 0.3 is 0 Å². The highest BCUT2D eigenvalue weighted by Gasteiger charge is 2.03. The van der Waals surface area contributed by atoms with Crippen LogP contribution >= 0.6 is 0 Å². The topological polar surface area (TPSA) is 34.9 Å². The van der Waals surface area contributed by atoms with Crippen LogP contribution in [0.25, 0.3) is 0 Å². The van der Waals surface area contributed by atoms with E-state index in [2.05, 4.69) is 4.98 Å². The summed E-state index contributed by atoms with van der Waals surface area (Å²) in [7, 11) is 1.46. The van der Waals surface area contributed by atoms with E-state index in [1.165, 1.54) is 20.3 Å². The molecule has 0 saturated carbocycles. The predicted octanol–water partition coefficient (Wildman–Crippen LogP) is 1.25. The molecule has 1 heterocycles. The molecule has 0 N–H and O–H groups in total. The highest BCUT2D eigenvalue weighted by atomic mass is 19.1. The van der Waals surface area contributed by atoms with Crippen molar-refractivity contribution in [1.29, 1.82) is 0 Å². The Morgan fingerprint density at radius 3 is 2.42 bits per heavy atom. The summed E-state index contributed by atoms with van der Waals surface area (Å²) in [5.41, 5.74) is -0.490. The summed E-state index contributed by atoms with van der Waals surface area (Å²) in [6, 6.07) is 0. The molecule has 0 aromatic carbocycles. The average Bonchev–Trinajstić information content (AvgIpc) is 2.12. The Bertz CT molecular complexity index is 306. The maximum Gasteiger partial charge on any atom is 0.289 e. The zero-order chi connectivity index (χ0) is 9.72. The van der Waals surface area contributed by atoms with Gasteiger partial charge in [-0.05, 0) is 6.92 Å². The van der Waals surface area contributed by atoms with E-state index in [0.29, 0.717) is 0 Å². The van der Waals surface area contributed by atoms with Gasteiger partial charge < -0.3 is 0 Å². The van der Waals surface area contributed by atoms with Crippen molar-refractivity contribution < 1.29 is 4.39 Å². The van der Waals surface area contributed by atoms with E-state index >= 15 is 0 Å². The molecular formula is C8H13FN2O. The van der Waals surface area contributed by atoms with Gasteiger partial charge in [-0.25, -0.2) is 4.98 Å². The molecule has 68 valence electrons. The first-order valence-corrected chi connectivity index (χ1v) is 3.80. The van der Waals surface area contributed by atoms with Crippen LogP contribution in [0.15, 0.2) is 11.1 Å². The zero-order valence-corrected chi connectivity index (χ0v) is 7.76. The second-order valence-electron chi connectivity index (χ2n) is 2.06. The quantitative estimate of drug-likeness (QED) is 0.590. The molecule has 0 unspecified atom stereocenters. The Hall–Kier alpha value is -1.19. The summed E-state index contributed by atoms with van der Waals surface area (Å²) in [5.74, 6) is -0.773. The lowest BCUT2D eigenvalue weighted by Crippen LogP contribution is -2.21. The average molecular weight is 172 g/mol. The van der Waals surface area contributed by atoms with E-state index in [0.717, 1.165) is 4.57 Å². The van der Waals surface area contributed by atoms with Crippen LogP contribution in [0, 0.1) is 12.7 Å². The summed E-state index contributed by atoms with van der Waals surface area (Å²) in [4.78, 5) is 14.4. The highest BCUT2D eigenvalue weighted by molar-refractivity contribution is 4.99. The van der Waals surface area contributed by atoms with Crippen LogP contribution in [0.3, 0.4) is 0 Å². The zero-order valence-electron chi connectivity index (χ0n) is 7.76. The van der Waals surface area contributed by atoms with Gasteiger partial charge in [0.2, 0.25) is 5.82 Å². The lowest BCUT2D eigenvalue weighted by Gasteiger charge is -1.96. The highest BCUT2D eigenvalue weighted by Crippen LogP contribution is 1.91. The summed E-state index contributed by atoms with van der Waals surface area (Å²) in [6.45, 7) is 5.46. The molecule has 3 nitrogen and oxygen atoms in total. The first-order chi connectivity index (χ1) is 5.63. The predicted molar refractivity (Wildman–Crippen MR) is 45.5 cm³/mol. The van der Waals surface area contributed by atoms with E-state index in [-0.39, 0.29) is 5.69 Å². The Kier molecular flexibility index (Phi) is 4.18. The van der Waals surface area contributed by atoms with Gasteiger partial charge in [0.05, 0.1) is 12.0 Å². The number of nitrogens with zero attached hydrogens (tertiary/aromatic N) is 2. The van der Waals surface area contributed by atoms with Crippen LogP contribution in [0.2, 0.25) is 0 Å². The smallest absolute Gasteiger partial charge is 0.289 e. The molecule has 0 radical (unpaired) electrons. The maximum absolute atomic E-state index is 12.6. The van der Waals surface area contributed by atoms with Gasteiger partial charge in [-0.15, -0.1) is 0 Å². The van der Waals surface area contributed by atoms with Crippen molar-refractivity contribution >= 4 is 0 Å². The van der Waals surface area contributed by atoms with Crippen molar-refractivity contribution in [1.82, 2.24) is 9.55 Å². The number of aromatic nitrogens is 2. The fourth-order valence-corrected chi connectivity index (χ4v) is 0.592. The summed E-state index contributed by atoms with van der Waals surface area (Å²) < 4.78 is 13.7. The van der Waals surface area contributed by atoms with E-state index < -0.39 is 11.4 Å². The van der Waals surface area contributed by atoms with Crippen LogP contribution in [-0.2, 0) is 7.05 Å². The molecule has 0 fully saturated rings. The van der Waals surface area contributed by atoms with Crippen LogP contribution in [-0.4, -0.2) is 9.55 Å². The molecule has 1 rings (SSSR count). The minimum absolute atomic E-state index is 0.142. The van der Waals surface area contributed by atoms with Gasteiger partial charge in [0.1, 0.15) is 0 Å². The second-order valence-corrected chi connectivity index (χ2v) is 2.06. The summed E-state index contributed by atoms with van der Waals surface area (Å²) in [6.07, 6.45) is 1.29. The number of rotatable bonds is 0. The van der Waals surface area contributed by atoms with Gasteiger partial charge in [-0.1, -0.05) is 13.8 Å². The molecule has 0 aliphatic rings. The van der Waals surface area contributed by atoms with Gasteiger partial charge in [0, 0.05) is 7.05 Å². The van der Waals surface area contributed by atoms with Crippen molar-refractivity contribution in [2.45, 2.75) is 20.8 Å². The molecule has 12 heavy (non-hydrogen) atoms. The molecule has 0 aliphatic carbocycles. The van der Waals surface area contributed by atoms with E-state index in [1.807, 2.05) is 13.8 Å². The van der Waals surface area contributed by atoms with Gasteiger partial charge in [-0.2, -0.15) is 4.39 Å². The third kappa shape index (κ3) is 2.15. The van der Waals surface area contributed by atoms with E-state index in [9.17, 15) is 9.18 Å². The molecule has 0 aliphatic heterocycles. The molecule has 0 bridgehead atoms. The molecule has 0 atom stereocenters. The summed E-state index contributed by atoms with van der Waals surface area (Å²) in [5, 5.41) is 0. The van der Waals surface area contributed by atoms with E-state index in [4.69, 9.17) is 0 Å². The van der Waals surface area contributed by atoms with Crippen LogP contribution in [0.4, 0.5) is 4.39 Å². The Balaban J connectivity index is 0.000000561. The first-order valence-electron chi connectivity index (χ1n) is 3.80. The number of hydrogen-bond donors (Lipinski definition) is 0. The normalized spacial score (nSPS) is 8.75. The molecule has 1 aromatic heterocycles. The molecule has 1 aromatic rings. The van der Waals surface area contributed by atoms with Crippen molar-refractivity contribution in [3.05, 3.63) is 28.2 Å². The molecular weight excluding hydrogens is 159 g/mol. The lowest BCUT2D eigenvalue weighted by atomic mass is 10.4.